The molecule has 3 rings (SSSR count). The number of hydrogen-bond acceptors (Lipinski definition) is 7. The molecule has 1 N–H and O–H groups in total. The van der Waals surface area contributed by atoms with Crippen LogP contribution in [-0.4, -0.2) is 48.2 Å². The van der Waals surface area contributed by atoms with Gasteiger partial charge in [-0.15, -0.1) is 10.2 Å². The molecule has 0 aliphatic carbocycles. The van der Waals surface area contributed by atoms with Crippen molar-refractivity contribution in [1.29, 1.82) is 0 Å². The number of benzene rings is 1. The van der Waals surface area contributed by atoms with Gasteiger partial charge in [0, 0.05) is 30.3 Å². The number of nitrogens with zero attached hydrogens (tertiary/aromatic N) is 3. The van der Waals surface area contributed by atoms with Crippen LogP contribution in [0.25, 0.3) is 0 Å². The number of thioether (sulfide) groups is 1. The predicted molar refractivity (Wildman–Crippen MR) is 104 cm³/mol. The van der Waals surface area contributed by atoms with Gasteiger partial charge in [-0.2, -0.15) is 0 Å². The molecular formula is C16H18F2N4O3S3. The summed E-state index contributed by atoms with van der Waals surface area (Å²) in [7, 11) is -3.24. The second-order valence-corrected chi connectivity index (χ2v) is 10.5. The van der Waals surface area contributed by atoms with Crippen molar-refractivity contribution in [3.8, 4) is 0 Å². The average Bonchev–Trinajstić information content (AvgIpc) is 3.09. The van der Waals surface area contributed by atoms with E-state index in [0.29, 0.717) is 35.4 Å². The highest BCUT2D eigenvalue weighted by Gasteiger charge is 2.29. The van der Waals surface area contributed by atoms with E-state index in [0.717, 1.165) is 35.8 Å². The summed E-state index contributed by atoms with van der Waals surface area (Å²) in [6.07, 6.45) is 2.04. The highest BCUT2D eigenvalue weighted by atomic mass is 32.2. The van der Waals surface area contributed by atoms with Crippen molar-refractivity contribution < 1.29 is 22.0 Å². The largest absolute Gasteiger partial charge is 0.300 e. The maximum Gasteiger partial charge on any atom is 0.229 e. The number of aromatic nitrogens is 2. The number of piperidine rings is 1. The number of sulfonamides is 1. The second kappa shape index (κ2) is 8.80. The lowest BCUT2D eigenvalue weighted by atomic mass is 9.97. The van der Waals surface area contributed by atoms with Gasteiger partial charge in [0.2, 0.25) is 21.1 Å². The summed E-state index contributed by atoms with van der Waals surface area (Å²) in [4.78, 5) is 12.4. The van der Waals surface area contributed by atoms with Gasteiger partial charge in [0.25, 0.3) is 0 Å². The maximum atomic E-state index is 13.6. The minimum absolute atomic E-state index is 0.191. The van der Waals surface area contributed by atoms with Crippen LogP contribution < -0.4 is 5.32 Å². The summed E-state index contributed by atoms with van der Waals surface area (Å²) in [6, 6.07) is 3.27. The summed E-state index contributed by atoms with van der Waals surface area (Å²) in [5, 5.41) is 10.9. The Balaban J connectivity index is 1.52. The number of carbonyl (C=O) groups is 1. The number of halogens is 2. The lowest BCUT2D eigenvalue weighted by molar-refractivity contribution is -0.120. The highest BCUT2D eigenvalue weighted by Crippen LogP contribution is 2.30. The van der Waals surface area contributed by atoms with Crippen molar-refractivity contribution in [3.63, 3.8) is 0 Å². The first-order valence-electron chi connectivity index (χ1n) is 8.38. The molecule has 12 heteroatoms. The average molecular weight is 449 g/mol. The van der Waals surface area contributed by atoms with E-state index in [1.807, 2.05) is 0 Å². The summed E-state index contributed by atoms with van der Waals surface area (Å²) in [5.41, 5.74) is 0.225. The third-order valence-corrected chi connectivity index (χ3v) is 7.61. The van der Waals surface area contributed by atoms with Gasteiger partial charge in [-0.05, 0) is 31.0 Å². The molecule has 2 aromatic rings. The SMILES string of the molecule is CS(=O)(=O)N1CCC(C(=O)Nc2nnc(SCc3cc(F)ccc3F)s2)CC1. The van der Waals surface area contributed by atoms with Gasteiger partial charge in [-0.3, -0.25) is 4.79 Å². The van der Waals surface area contributed by atoms with Crippen molar-refractivity contribution in [2.45, 2.75) is 22.9 Å². The summed E-state index contributed by atoms with van der Waals surface area (Å²) >= 11 is 2.34. The van der Waals surface area contributed by atoms with Crippen molar-refractivity contribution >= 4 is 44.2 Å². The molecule has 1 amide bonds. The fourth-order valence-electron chi connectivity index (χ4n) is 2.77. The lowest BCUT2D eigenvalue weighted by Gasteiger charge is -2.29. The van der Waals surface area contributed by atoms with Gasteiger partial charge in [0.1, 0.15) is 11.6 Å². The quantitative estimate of drug-likeness (QED) is 0.540. The third kappa shape index (κ3) is 5.46. The first-order chi connectivity index (χ1) is 13.2. The van der Waals surface area contributed by atoms with Gasteiger partial charge in [0.15, 0.2) is 4.34 Å². The van der Waals surface area contributed by atoms with E-state index in [2.05, 4.69) is 15.5 Å². The zero-order chi connectivity index (χ0) is 20.3. The normalized spacial score (nSPS) is 16.2. The minimum atomic E-state index is -3.24. The molecule has 1 aliphatic rings. The molecule has 1 aromatic heterocycles. The number of anilines is 1. The lowest BCUT2D eigenvalue weighted by Crippen LogP contribution is -2.40. The van der Waals surface area contributed by atoms with E-state index in [9.17, 15) is 22.0 Å². The first-order valence-corrected chi connectivity index (χ1v) is 12.0. The van der Waals surface area contributed by atoms with E-state index in [1.54, 1.807) is 0 Å². The van der Waals surface area contributed by atoms with Crippen LogP contribution >= 0.6 is 23.1 Å². The van der Waals surface area contributed by atoms with Crippen LogP contribution in [0.2, 0.25) is 0 Å². The predicted octanol–water partition coefficient (Wildman–Crippen LogP) is 2.72. The van der Waals surface area contributed by atoms with Crippen LogP contribution in [0, 0.1) is 17.6 Å². The van der Waals surface area contributed by atoms with Gasteiger partial charge in [-0.1, -0.05) is 23.1 Å². The van der Waals surface area contributed by atoms with Crippen LogP contribution in [-0.2, 0) is 20.6 Å². The molecule has 28 heavy (non-hydrogen) atoms. The molecule has 0 radical (unpaired) electrons. The standard InChI is InChI=1S/C16H18F2N4O3S3/c1-28(24,25)22-6-4-10(5-7-22)14(23)19-15-20-21-16(27-15)26-9-11-8-12(17)2-3-13(11)18/h2-3,8,10H,4-7,9H2,1H3,(H,19,20,23). The molecule has 7 nitrogen and oxygen atoms in total. The van der Waals surface area contributed by atoms with E-state index in [4.69, 9.17) is 0 Å². The van der Waals surface area contributed by atoms with E-state index in [-0.39, 0.29) is 23.1 Å². The molecule has 0 bridgehead atoms. The molecule has 0 spiro atoms. The monoisotopic (exact) mass is 448 g/mol. The Bertz CT molecular complexity index is 960. The molecule has 152 valence electrons. The Hall–Kier alpha value is -1.63. The summed E-state index contributed by atoms with van der Waals surface area (Å²) in [5.74, 6) is -1.33. The summed E-state index contributed by atoms with van der Waals surface area (Å²) in [6.45, 7) is 0.626. The Morgan fingerprint density at radius 3 is 2.71 bits per heavy atom. The van der Waals surface area contributed by atoms with Crippen LogP contribution in [0.1, 0.15) is 18.4 Å². The van der Waals surface area contributed by atoms with Gasteiger partial charge in [0.05, 0.1) is 6.26 Å². The van der Waals surface area contributed by atoms with Crippen LogP contribution in [0.4, 0.5) is 13.9 Å². The zero-order valence-corrected chi connectivity index (χ0v) is 17.3. The molecule has 2 heterocycles. The fraction of sp³-hybridized carbons (Fsp3) is 0.438. The molecule has 1 aliphatic heterocycles. The highest BCUT2D eigenvalue weighted by molar-refractivity contribution is 8.00. The van der Waals surface area contributed by atoms with Gasteiger partial charge < -0.3 is 5.32 Å². The first kappa shape index (κ1) is 21.1. The van der Waals surface area contributed by atoms with E-state index < -0.39 is 21.7 Å². The van der Waals surface area contributed by atoms with Crippen molar-refractivity contribution in [3.05, 3.63) is 35.4 Å². The molecule has 0 saturated carbocycles. The van der Waals surface area contributed by atoms with Crippen LogP contribution in [0.3, 0.4) is 0 Å². The van der Waals surface area contributed by atoms with Crippen molar-refractivity contribution in [1.82, 2.24) is 14.5 Å². The van der Waals surface area contributed by atoms with Crippen LogP contribution in [0.5, 0.6) is 0 Å². The smallest absolute Gasteiger partial charge is 0.229 e. The molecule has 1 aromatic carbocycles. The number of amides is 1. The fourth-order valence-corrected chi connectivity index (χ4v) is 5.37. The van der Waals surface area contributed by atoms with Crippen LogP contribution in [0.15, 0.2) is 22.5 Å². The van der Waals surface area contributed by atoms with Gasteiger partial charge in [-0.25, -0.2) is 21.5 Å². The molecular weight excluding hydrogens is 430 g/mol. The van der Waals surface area contributed by atoms with Crippen molar-refractivity contribution in [2.75, 3.05) is 24.7 Å². The van der Waals surface area contributed by atoms with Crippen molar-refractivity contribution in [2.24, 2.45) is 5.92 Å². The maximum absolute atomic E-state index is 13.6. The number of nitrogens with one attached hydrogen (secondary N) is 1. The topological polar surface area (TPSA) is 92.3 Å². The third-order valence-electron chi connectivity index (χ3n) is 4.29. The Morgan fingerprint density at radius 1 is 1.32 bits per heavy atom. The number of hydrogen-bond donors (Lipinski definition) is 1. The molecule has 0 atom stereocenters. The molecule has 1 saturated heterocycles. The van der Waals surface area contributed by atoms with Gasteiger partial charge >= 0.3 is 0 Å². The molecule has 1 fully saturated rings. The number of carbonyl (C=O) groups excluding carboxylic acids is 1. The second-order valence-electron chi connectivity index (χ2n) is 6.32. The Labute approximate surface area is 169 Å². The molecule has 0 unspecified atom stereocenters. The number of rotatable bonds is 6. The summed E-state index contributed by atoms with van der Waals surface area (Å²) < 4.78 is 51.8. The van der Waals surface area contributed by atoms with E-state index >= 15 is 0 Å². The Kier molecular flexibility index (Phi) is 6.63. The Morgan fingerprint density at radius 2 is 2.04 bits per heavy atom. The zero-order valence-electron chi connectivity index (χ0n) is 14.9. The minimum Gasteiger partial charge on any atom is -0.300 e. The van der Waals surface area contributed by atoms with E-state index in [1.165, 1.54) is 16.1 Å².